The molecule has 2 aromatic carbocycles. The lowest BCUT2D eigenvalue weighted by molar-refractivity contribution is -0.123. The van der Waals surface area contributed by atoms with Crippen molar-refractivity contribution in [2.75, 3.05) is 11.9 Å². The van der Waals surface area contributed by atoms with E-state index in [9.17, 15) is 9.59 Å². The van der Waals surface area contributed by atoms with E-state index >= 15 is 0 Å². The van der Waals surface area contributed by atoms with Crippen molar-refractivity contribution in [3.63, 3.8) is 0 Å². The number of halogens is 2. The predicted molar refractivity (Wildman–Crippen MR) is 127 cm³/mol. The van der Waals surface area contributed by atoms with Gasteiger partial charge in [-0.05, 0) is 55.8 Å². The van der Waals surface area contributed by atoms with Crippen LogP contribution in [-0.4, -0.2) is 33.7 Å². The van der Waals surface area contributed by atoms with Gasteiger partial charge >= 0.3 is 0 Å². The van der Waals surface area contributed by atoms with Crippen LogP contribution in [0.5, 0.6) is 5.75 Å². The van der Waals surface area contributed by atoms with E-state index in [1.165, 1.54) is 11.8 Å². The number of rotatable bonds is 6. The standard InChI is InChI=1S/C21H18Cl2N2O3S2/c1-12(2)25-20(27)18(30-21(25)29)9-13-4-3-5-15(8-13)28-11-19(26)24-17-7-6-14(22)10-16(17)23/h3-10,12H,11H2,1-2H3,(H,24,26)/b18-9-. The average Bonchev–Trinajstić information content (AvgIpc) is 2.96. The Morgan fingerprint density at radius 3 is 2.70 bits per heavy atom. The molecule has 0 aliphatic carbocycles. The van der Waals surface area contributed by atoms with Gasteiger partial charge in [0.25, 0.3) is 11.8 Å². The zero-order valence-electron chi connectivity index (χ0n) is 16.1. The summed E-state index contributed by atoms with van der Waals surface area (Å²) < 4.78 is 6.13. The van der Waals surface area contributed by atoms with Crippen LogP contribution in [-0.2, 0) is 9.59 Å². The Hall–Kier alpha value is -2.06. The summed E-state index contributed by atoms with van der Waals surface area (Å²) in [6, 6.07) is 11.9. The first-order valence-electron chi connectivity index (χ1n) is 8.99. The van der Waals surface area contributed by atoms with Gasteiger partial charge in [-0.2, -0.15) is 0 Å². The van der Waals surface area contributed by atoms with E-state index in [0.29, 0.717) is 30.7 Å². The first kappa shape index (κ1) is 22.6. The lowest BCUT2D eigenvalue weighted by atomic mass is 10.2. The lowest BCUT2D eigenvalue weighted by Gasteiger charge is -2.18. The molecular weight excluding hydrogens is 463 g/mol. The van der Waals surface area contributed by atoms with E-state index in [-0.39, 0.29) is 24.5 Å². The third-order valence-electron chi connectivity index (χ3n) is 4.07. The van der Waals surface area contributed by atoms with Gasteiger partial charge in [-0.15, -0.1) is 0 Å². The molecule has 1 fully saturated rings. The summed E-state index contributed by atoms with van der Waals surface area (Å²) >= 11 is 18.5. The molecule has 1 aliphatic heterocycles. The SMILES string of the molecule is CC(C)N1C(=O)/C(=C/c2cccc(OCC(=O)Nc3ccc(Cl)cc3Cl)c2)SC1=S. The van der Waals surface area contributed by atoms with Crippen molar-refractivity contribution < 1.29 is 14.3 Å². The molecule has 0 atom stereocenters. The zero-order chi connectivity index (χ0) is 21.8. The maximum absolute atomic E-state index is 12.5. The summed E-state index contributed by atoms with van der Waals surface area (Å²) in [4.78, 5) is 26.8. The molecule has 0 unspecified atom stereocenters. The van der Waals surface area contributed by atoms with Crippen molar-refractivity contribution in [2.45, 2.75) is 19.9 Å². The largest absolute Gasteiger partial charge is 0.484 e. The first-order valence-corrected chi connectivity index (χ1v) is 11.0. The number of anilines is 1. The summed E-state index contributed by atoms with van der Waals surface area (Å²) in [6.45, 7) is 3.65. The Balaban J connectivity index is 1.64. The van der Waals surface area contributed by atoms with Crippen LogP contribution in [0.1, 0.15) is 19.4 Å². The molecule has 0 aromatic heterocycles. The Morgan fingerprint density at radius 1 is 1.27 bits per heavy atom. The number of benzene rings is 2. The minimum atomic E-state index is -0.359. The van der Waals surface area contributed by atoms with Crippen LogP contribution < -0.4 is 10.1 Å². The van der Waals surface area contributed by atoms with Crippen LogP contribution >= 0.6 is 47.2 Å². The number of amides is 2. The van der Waals surface area contributed by atoms with Crippen LogP contribution in [0.25, 0.3) is 6.08 Å². The summed E-state index contributed by atoms with van der Waals surface area (Å²) in [5, 5.41) is 3.50. The molecule has 5 nitrogen and oxygen atoms in total. The molecule has 1 aliphatic rings. The molecule has 2 amide bonds. The molecule has 1 heterocycles. The summed E-state index contributed by atoms with van der Waals surface area (Å²) in [7, 11) is 0. The highest BCUT2D eigenvalue weighted by molar-refractivity contribution is 8.26. The van der Waals surface area contributed by atoms with Crippen molar-refractivity contribution in [3.8, 4) is 5.75 Å². The maximum atomic E-state index is 12.5. The van der Waals surface area contributed by atoms with Crippen molar-refractivity contribution in [3.05, 3.63) is 63.0 Å². The second-order valence-electron chi connectivity index (χ2n) is 6.68. The second-order valence-corrected chi connectivity index (χ2v) is 9.20. The molecule has 30 heavy (non-hydrogen) atoms. The quantitative estimate of drug-likeness (QED) is 0.429. The van der Waals surface area contributed by atoms with Crippen LogP contribution in [0.2, 0.25) is 10.0 Å². The molecule has 3 rings (SSSR count). The van der Waals surface area contributed by atoms with Crippen LogP contribution in [0.3, 0.4) is 0 Å². The molecule has 156 valence electrons. The van der Waals surface area contributed by atoms with Gasteiger partial charge in [0.15, 0.2) is 6.61 Å². The van der Waals surface area contributed by atoms with Gasteiger partial charge in [-0.3, -0.25) is 14.5 Å². The van der Waals surface area contributed by atoms with Crippen molar-refractivity contribution in [1.29, 1.82) is 0 Å². The fourth-order valence-electron chi connectivity index (χ4n) is 2.70. The maximum Gasteiger partial charge on any atom is 0.266 e. The van der Waals surface area contributed by atoms with Gasteiger partial charge < -0.3 is 10.1 Å². The molecule has 2 aromatic rings. The number of hydrogen-bond acceptors (Lipinski definition) is 5. The molecular formula is C21H18Cl2N2O3S2. The Morgan fingerprint density at radius 2 is 2.03 bits per heavy atom. The first-order chi connectivity index (χ1) is 14.2. The normalized spacial score (nSPS) is 15.2. The number of nitrogens with one attached hydrogen (secondary N) is 1. The monoisotopic (exact) mass is 480 g/mol. The Kier molecular flexibility index (Phi) is 7.41. The number of carbonyl (C=O) groups excluding carboxylic acids is 2. The lowest BCUT2D eigenvalue weighted by Crippen LogP contribution is -2.34. The zero-order valence-corrected chi connectivity index (χ0v) is 19.3. The molecule has 9 heteroatoms. The number of thioether (sulfide) groups is 1. The minimum absolute atomic E-state index is 0.00530. The summed E-state index contributed by atoms with van der Waals surface area (Å²) in [6.07, 6.45) is 1.77. The summed E-state index contributed by atoms with van der Waals surface area (Å²) in [5.41, 5.74) is 1.23. The van der Waals surface area contributed by atoms with Crippen LogP contribution in [0.4, 0.5) is 5.69 Å². The van der Waals surface area contributed by atoms with E-state index in [0.717, 1.165) is 5.56 Å². The molecule has 1 saturated heterocycles. The smallest absolute Gasteiger partial charge is 0.266 e. The number of ether oxygens (including phenoxy) is 1. The fourth-order valence-corrected chi connectivity index (χ4v) is 4.68. The molecule has 0 saturated carbocycles. The molecule has 0 radical (unpaired) electrons. The van der Waals surface area contributed by atoms with Gasteiger partial charge in [-0.1, -0.05) is 59.3 Å². The number of carbonyl (C=O) groups is 2. The van der Waals surface area contributed by atoms with Gasteiger partial charge in [0.1, 0.15) is 10.1 Å². The van der Waals surface area contributed by atoms with Gasteiger partial charge in [-0.25, -0.2) is 0 Å². The molecule has 0 spiro atoms. The highest BCUT2D eigenvalue weighted by Crippen LogP contribution is 2.34. The van der Waals surface area contributed by atoms with Gasteiger partial charge in [0, 0.05) is 11.1 Å². The van der Waals surface area contributed by atoms with E-state index in [4.69, 9.17) is 40.2 Å². The van der Waals surface area contributed by atoms with E-state index < -0.39 is 0 Å². The Bertz CT molecular complexity index is 1040. The molecule has 0 bridgehead atoms. The van der Waals surface area contributed by atoms with E-state index in [1.807, 2.05) is 19.9 Å². The molecule has 1 N–H and O–H groups in total. The van der Waals surface area contributed by atoms with Crippen LogP contribution in [0, 0.1) is 0 Å². The van der Waals surface area contributed by atoms with E-state index in [1.54, 1.807) is 47.4 Å². The fraction of sp³-hybridized carbons (Fsp3) is 0.190. The van der Waals surface area contributed by atoms with E-state index in [2.05, 4.69) is 5.32 Å². The number of nitrogens with zero attached hydrogens (tertiary/aromatic N) is 1. The Labute approximate surface area is 194 Å². The third kappa shape index (κ3) is 5.55. The second kappa shape index (κ2) is 9.83. The van der Waals surface area contributed by atoms with Crippen molar-refractivity contribution in [1.82, 2.24) is 4.90 Å². The van der Waals surface area contributed by atoms with Gasteiger partial charge in [0.05, 0.1) is 15.6 Å². The minimum Gasteiger partial charge on any atom is -0.484 e. The van der Waals surface area contributed by atoms with Crippen molar-refractivity contribution >= 4 is 75.1 Å². The average molecular weight is 481 g/mol. The predicted octanol–water partition coefficient (Wildman–Crippen LogP) is 5.62. The highest BCUT2D eigenvalue weighted by Gasteiger charge is 2.33. The number of hydrogen-bond donors (Lipinski definition) is 1. The highest BCUT2D eigenvalue weighted by atomic mass is 35.5. The van der Waals surface area contributed by atoms with Crippen molar-refractivity contribution in [2.24, 2.45) is 0 Å². The van der Waals surface area contributed by atoms with Gasteiger partial charge in [0.2, 0.25) is 0 Å². The topological polar surface area (TPSA) is 58.6 Å². The third-order valence-corrected chi connectivity index (χ3v) is 5.95. The number of thiocarbonyl (C=S) groups is 1. The summed E-state index contributed by atoms with van der Waals surface area (Å²) in [5.74, 6) is 0.0356. The van der Waals surface area contributed by atoms with Crippen LogP contribution in [0.15, 0.2) is 47.4 Å².